The zero-order chi connectivity index (χ0) is 14.0. The van der Waals surface area contributed by atoms with Crippen molar-refractivity contribution < 1.29 is 10.2 Å². The van der Waals surface area contributed by atoms with E-state index in [1.54, 1.807) is 18.2 Å². The van der Waals surface area contributed by atoms with E-state index in [9.17, 15) is 10.2 Å². The van der Waals surface area contributed by atoms with Crippen molar-refractivity contribution in [2.45, 2.75) is 32.6 Å². The summed E-state index contributed by atoms with van der Waals surface area (Å²) in [5, 5.41) is 19.4. The fourth-order valence-electron chi connectivity index (χ4n) is 2.20. The van der Waals surface area contributed by atoms with E-state index in [0.29, 0.717) is 5.75 Å². The molecule has 2 N–H and O–H groups in total. The van der Waals surface area contributed by atoms with E-state index in [-0.39, 0.29) is 11.2 Å². The van der Waals surface area contributed by atoms with Crippen molar-refractivity contribution >= 4 is 0 Å². The Balaban J connectivity index is 2.32. The monoisotopic (exact) mass is 256 g/mol. The lowest BCUT2D eigenvalue weighted by Gasteiger charge is -2.21. The number of hydrogen-bond acceptors (Lipinski definition) is 2. The summed E-state index contributed by atoms with van der Waals surface area (Å²) in [7, 11) is 0. The van der Waals surface area contributed by atoms with Gasteiger partial charge in [-0.05, 0) is 46.7 Å². The summed E-state index contributed by atoms with van der Waals surface area (Å²) in [6.45, 7) is 6.25. The van der Waals surface area contributed by atoms with Crippen LogP contribution in [0, 0.1) is 0 Å². The molecule has 0 bridgehead atoms. The second kappa shape index (κ2) is 4.96. The molecule has 0 radical (unpaired) electrons. The summed E-state index contributed by atoms with van der Waals surface area (Å²) >= 11 is 0. The van der Waals surface area contributed by atoms with E-state index < -0.39 is 0 Å². The predicted octanol–water partition coefficient (Wildman–Crippen LogP) is 3.99. The van der Waals surface area contributed by atoms with Crippen LogP contribution in [0.5, 0.6) is 11.5 Å². The molecule has 0 saturated carbocycles. The molecule has 0 fully saturated rings. The summed E-state index contributed by atoms with van der Waals surface area (Å²) in [4.78, 5) is 0. The van der Waals surface area contributed by atoms with Gasteiger partial charge in [0.15, 0.2) is 0 Å². The standard InChI is InChI=1S/C17H20O2/c1-17(2,3)15-11-13(7-8-16(15)19)9-12-5-4-6-14(18)10-12/h4-8,10-11,18-19H,9H2,1-3H3. The first-order valence-corrected chi connectivity index (χ1v) is 6.46. The Bertz CT molecular complexity index is 580. The first kappa shape index (κ1) is 13.5. The van der Waals surface area contributed by atoms with Crippen LogP contribution in [0.4, 0.5) is 0 Å². The second-order valence-corrected chi connectivity index (χ2v) is 5.95. The van der Waals surface area contributed by atoms with Crippen LogP contribution in [0.15, 0.2) is 42.5 Å². The average molecular weight is 256 g/mol. The number of aromatic hydroxyl groups is 2. The Hall–Kier alpha value is -1.96. The molecule has 0 amide bonds. The quantitative estimate of drug-likeness (QED) is 0.853. The number of hydrogen-bond donors (Lipinski definition) is 2. The van der Waals surface area contributed by atoms with E-state index in [1.807, 2.05) is 24.3 Å². The normalized spacial score (nSPS) is 11.5. The van der Waals surface area contributed by atoms with Crippen LogP contribution in [0.3, 0.4) is 0 Å². The third-order valence-corrected chi connectivity index (χ3v) is 3.19. The largest absolute Gasteiger partial charge is 0.508 e. The lowest BCUT2D eigenvalue weighted by Crippen LogP contribution is -2.11. The van der Waals surface area contributed by atoms with Crippen LogP contribution >= 0.6 is 0 Å². The first-order chi connectivity index (χ1) is 8.86. The number of phenolic OH excluding ortho intramolecular Hbond substituents is 2. The molecule has 19 heavy (non-hydrogen) atoms. The van der Waals surface area contributed by atoms with Gasteiger partial charge in [0.05, 0.1) is 0 Å². The van der Waals surface area contributed by atoms with E-state index in [0.717, 1.165) is 23.1 Å². The molecule has 0 saturated heterocycles. The minimum absolute atomic E-state index is 0.0844. The summed E-state index contributed by atoms with van der Waals surface area (Å²) in [5.74, 6) is 0.625. The van der Waals surface area contributed by atoms with Crippen molar-refractivity contribution in [3.8, 4) is 11.5 Å². The molecular weight excluding hydrogens is 236 g/mol. The molecule has 0 spiro atoms. The highest BCUT2D eigenvalue weighted by Crippen LogP contribution is 2.31. The lowest BCUT2D eigenvalue weighted by atomic mass is 9.85. The maximum atomic E-state index is 9.94. The fourth-order valence-corrected chi connectivity index (χ4v) is 2.20. The smallest absolute Gasteiger partial charge is 0.119 e. The van der Waals surface area contributed by atoms with Crippen LogP contribution in [0.2, 0.25) is 0 Å². The second-order valence-electron chi connectivity index (χ2n) is 5.95. The molecular formula is C17H20O2. The molecule has 2 heteroatoms. The van der Waals surface area contributed by atoms with Gasteiger partial charge in [0.25, 0.3) is 0 Å². The zero-order valence-corrected chi connectivity index (χ0v) is 11.6. The van der Waals surface area contributed by atoms with Gasteiger partial charge in [-0.25, -0.2) is 0 Å². The number of rotatable bonds is 2. The van der Waals surface area contributed by atoms with Crippen LogP contribution in [0.25, 0.3) is 0 Å². The van der Waals surface area contributed by atoms with Gasteiger partial charge in [0.2, 0.25) is 0 Å². The Morgan fingerprint density at radius 2 is 1.58 bits per heavy atom. The van der Waals surface area contributed by atoms with Gasteiger partial charge >= 0.3 is 0 Å². The van der Waals surface area contributed by atoms with E-state index >= 15 is 0 Å². The summed E-state index contributed by atoms with van der Waals surface area (Å²) < 4.78 is 0. The third kappa shape index (κ3) is 3.28. The topological polar surface area (TPSA) is 40.5 Å². The number of phenols is 2. The van der Waals surface area contributed by atoms with Crippen molar-refractivity contribution in [2.75, 3.05) is 0 Å². The van der Waals surface area contributed by atoms with Gasteiger partial charge in [0.1, 0.15) is 11.5 Å². The molecule has 0 aromatic heterocycles. The fraction of sp³-hybridized carbons (Fsp3) is 0.294. The maximum absolute atomic E-state index is 9.94. The van der Waals surface area contributed by atoms with Crippen molar-refractivity contribution in [1.82, 2.24) is 0 Å². The molecule has 0 unspecified atom stereocenters. The highest BCUT2D eigenvalue weighted by atomic mass is 16.3. The van der Waals surface area contributed by atoms with Crippen LogP contribution in [-0.4, -0.2) is 10.2 Å². The Morgan fingerprint density at radius 1 is 0.895 bits per heavy atom. The Morgan fingerprint density at radius 3 is 2.21 bits per heavy atom. The van der Waals surface area contributed by atoms with Crippen molar-refractivity contribution in [3.05, 3.63) is 59.2 Å². The Kier molecular flexibility index (Phi) is 3.52. The Labute approximate surface area is 114 Å². The van der Waals surface area contributed by atoms with Crippen molar-refractivity contribution in [1.29, 1.82) is 0 Å². The molecule has 0 aliphatic heterocycles. The van der Waals surface area contributed by atoms with E-state index in [2.05, 4.69) is 20.8 Å². The van der Waals surface area contributed by atoms with Gasteiger partial charge in [0, 0.05) is 0 Å². The number of benzene rings is 2. The summed E-state index contributed by atoms with van der Waals surface area (Å²) in [6, 6.07) is 13.0. The van der Waals surface area contributed by atoms with Crippen LogP contribution in [0.1, 0.15) is 37.5 Å². The summed E-state index contributed by atoms with van der Waals surface area (Å²) in [5.41, 5.74) is 3.06. The highest BCUT2D eigenvalue weighted by molar-refractivity contribution is 5.42. The van der Waals surface area contributed by atoms with Crippen LogP contribution < -0.4 is 0 Å². The van der Waals surface area contributed by atoms with Gasteiger partial charge in [-0.15, -0.1) is 0 Å². The molecule has 0 aliphatic rings. The molecule has 2 rings (SSSR count). The third-order valence-electron chi connectivity index (χ3n) is 3.19. The maximum Gasteiger partial charge on any atom is 0.119 e. The first-order valence-electron chi connectivity index (χ1n) is 6.46. The lowest BCUT2D eigenvalue weighted by molar-refractivity contribution is 0.446. The minimum atomic E-state index is -0.0844. The van der Waals surface area contributed by atoms with Crippen molar-refractivity contribution in [2.24, 2.45) is 0 Å². The molecule has 2 aromatic rings. The van der Waals surface area contributed by atoms with E-state index in [4.69, 9.17) is 0 Å². The van der Waals surface area contributed by atoms with E-state index in [1.165, 1.54) is 0 Å². The van der Waals surface area contributed by atoms with Gasteiger partial charge in [-0.3, -0.25) is 0 Å². The highest BCUT2D eigenvalue weighted by Gasteiger charge is 2.18. The molecule has 0 atom stereocenters. The van der Waals surface area contributed by atoms with Crippen LogP contribution in [-0.2, 0) is 11.8 Å². The molecule has 0 aliphatic carbocycles. The average Bonchev–Trinajstić information content (AvgIpc) is 2.30. The van der Waals surface area contributed by atoms with Crippen molar-refractivity contribution in [3.63, 3.8) is 0 Å². The SMILES string of the molecule is CC(C)(C)c1cc(Cc2cccc(O)c2)ccc1O. The van der Waals surface area contributed by atoms with Gasteiger partial charge < -0.3 is 10.2 Å². The summed E-state index contributed by atoms with van der Waals surface area (Å²) in [6.07, 6.45) is 0.748. The van der Waals surface area contributed by atoms with Gasteiger partial charge in [-0.2, -0.15) is 0 Å². The molecule has 2 aromatic carbocycles. The molecule has 0 heterocycles. The zero-order valence-electron chi connectivity index (χ0n) is 11.6. The van der Waals surface area contributed by atoms with Gasteiger partial charge in [-0.1, -0.05) is 45.0 Å². The minimum Gasteiger partial charge on any atom is -0.508 e. The molecule has 100 valence electrons. The predicted molar refractivity (Wildman–Crippen MR) is 77.7 cm³/mol. The molecule has 2 nitrogen and oxygen atoms in total.